The molecule has 0 radical (unpaired) electrons. The van der Waals surface area contributed by atoms with E-state index in [0.717, 1.165) is 26.2 Å². The number of nitrogens with zero attached hydrogens (tertiary/aromatic N) is 1. The summed E-state index contributed by atoms with van der Waals surface area (Å²) in [5.41, 5.74) is 0.281. The van der Waals surface area contributed by atoms with Crippen LogP contribution >= 0.6 is 0 Å². The molecule has 19 heavy (non-hydrogen) atoms. The van der Waals surface area contributed by atoms with Crippen LogP contribution in [0.1, 0.15) is 52.9 Å². The lowest BCUT2D eigenvalue weighted by atomic mass is 9.94. The zero-order chi connectivity index (χ0) is 13.7. The summed E-state index contributed by atoms with van der Waals surface area (Å²) in [5.74, 6) is 0.711. The predicted molar refractivity (Wildman–Crippen MR) is 80.5 cm³/mol. The van der Waals surface area contributed by atoms with Crippen LogP contribution in [-0.4, -0.2) is 49.3 Å². The Morgan fingerprint density at radius 2 is 2.00 bits per heavy atom. The molecule has 1 saturated heterocycles. The molecule has 0 aromatic rings. The molecule has 0 aromatic carbocycles. The third kappa shape index (κ3) is 3.93. The van der Waals surface area contributed by atoms with E-state index >= 15 is 0 Å². The van der Waals surface area contributed by atoms with Crippen molar-refractivity contribution in [2.75, 3.05) is 32.8 Å². The average Bonchev–Trinajstić information content (AvgIpc) is 2.87. The lowest BCUT2D eigenvalue weighted by Crippen LogP contribution is -2.50. The molecule has 2 atom stereocenters. The highest BCUT2D eigenvalue weighted by Crippen LogP contribution is 2.31. The Bertz CT molecular complexity index is 263. The van der Waals surface area contributed by atoms with Gasteiger partial charge in [-0.05, 0) is 44.8 Å². The van der Waals surface area contributed by atoms with Gasteiger partial charge in [0.1, 0.15) is 0 Å². The van der Waals surface area contributed by atoms with Crippen LogP contribution in [0.4, 0.5) is 0 Å². The molecule has 0 bridgehead atoms. The Morgan fingerprint density at radius 1 is 1.26 bits per heavy atom. The zero-order valence-corrected chi connectivity index (χ0v) is 13.1. The van der Waals surface area contributed by atoms with E-state index in [1.807, 2.05) is 0 Å². The third-order valence-electron chi connectivity index (χ3n) is 5.11. The molecule has 1 aliphatic heterocycles. The molecule has 3 nitrogen and oxygen atoms in total. The molecule has 1 heterocycles. The summed E-state index contributed by atoms with van der Waals surface area (Å²) in [6.45, 7) is 12.3. The SMILES string of the molecule is CCNC1(COC2CN(CC)CCC2C)CCCC1. The zero-order valence-electron chi connectivity index (χ0n) is 13.1. The van der Waals surface area contributed by atoms with Crippen LogP contribution in [0.25, 0.3) is 0 Å². The fourth-order valence-corrected chi connectivity index (χ4v) is 3.67. The maximum Gasteiger partial charge on any atom is 0.0728 e. The first kappa shape index (κ1) is 15.3. The number of likely N-dealkylation sites (N-methyl/N-ethyl adjacent to an activating group) is 2. The number of ether oxygens (including phenoxy) is 1. The van der Waals surface area contributed by atoms with Crippen LogP contribution in [0.5, 0.6) is 0 Å². The second-order valence-electron chi connectivity index (χ2n) is 6.53. The highest BCUT2D eigenvalue weighted by Gasteiger charge is 2.35. The molecule has 1 saturated carbocycles. The van der Waals surface area contributed by atoms with Gasteiger partial charge >= 0.3 is 0 Å². The van der Waals surface area contributed by atoms with Gasteiger partial charge in [-0.2, -0.15) is 0 Å². The van der Waals surface area contributed by atoms with Crippen molar-refractivity contribution < 1.29 is 4.74 Å². The van der Waals surface area contributed by atoms with E-state index in [2.05, 4.69) is 31.0 Å². The molecule has 112 valence electrons. The highest BCUT2D eigenvalue weighted by atomic mass is 16.5. The van der Waals surface area contributed by atoms with E-state index < -0.39 is 0 Å². The smallest absolute Gasteiger partial charge is 0.0728 e. The van der Waals surface area contributed by atoms with E-state index in [-0.39, 0.29) is 5.54 Å². The number of piperidine rings is 1. The second-order valence-corrected chi connectivity index (χ2v) is 6.53. The van der Waals surface area contributed by atoms with Crippen molar-refractivity contribution in [3.8, 4) is 0 Å². The molecule has 1 N–H and O–H groups in total. The molecule has 2 rings (SSSR count). The first-order chi connectivity index (χ1) is 9.19. The van der Waals surface area contributed by atoms with Crippen molar-refractivity contribution in [1.82, 2.24) is 10.2 Å². The molecule has 0 spiro atoms. The van der Waals surface area contributed by atoms with E-state index in [4.69, 9.17) is 4.74 Å². The second kappa shape index (κ2) is 7.05. The van der Waals surface area contributed by atoms with Gasteiger partial charge in [-0.25, -0.2) is 0 Å². The van der Waals surface area contributed by atoms with Crippen LogP contribution in [0.15, 0.2) is 0 Å². The van der Waals surface area contributed by atoms with E-state index in [0.29, 0.717) is 12.0 Å². The highest BCUT2D eigenvalue weighted by molar-refractivity contribution is 4.93. The molecule has 3 heteroatoms. The Labute approximate surface area is 119 Å². The lowest BCUT2D eigenvalue weighted by Gasteiger charge is -2.39. The maximum atomic E-state index is 6.36. The first-order valence-corrected chi connectivity index (χ1v) is 8.28. The third-order valence-corrected chi connectivity index (χ3v) is 5.11. The summed E-state index contributed by atoms with van der Waals surface area (Å²) in [6, 6.07) is 0. The van der Waals surface area contributed by atoms with Gasteiger partial charge in [0.05, 0.1) is 12.7 Å². The van der Waals surface area contributed by atoms with Gasteiger partial charge in [0, 0.05) is 12.1 Å². The average molecular weight is 268 g/mol. The summed E-state index contributed by atoms with van der Waals surface area (Å²) in [7, 11) is 0. The van der Waals surface area contributed by atoms with Gasteiger partial charge in [0.15, 0.2) is 0 Å². The Balaban J connectivity index is 1.85. The maximum absolute atomic E-state index is 6.36. The van der Waals surface area contributed by atoms with Crippen molar-refractivity contribution in [2.24, 2.45) is 5.92 Å². The van der Waals surface area contributed by atoms with Gasteiger partial charge in [0.2, 0.25) is 0 Å². The topological polar surface area (TPSA) is 24.5 Å². The number of rotatable bonds is 6. The largest absolute Gasteiger partial charge is 0.375 e. The monoisotopic (exact) mass is 268 g/mol. The van der Waals surface area contributed by atoms with E-state index in [1.165, 1.54) is 38.6 Å². The first-order valence-electron chi connectivity index (χ1n) is 8.28. The van der Waals surface area contributed by atoms with Crippen molar-refractivity contribution in [2.45, 2.75) is 64.5 Å². The summed E-state index contributed by atoms with van der Waals surface area (Å²) < 4.78 is 6.36. The molecule has 2 fully saturated rings. The minimum atomic E-state index is 0.281. The summed E-state index contributed by atoms with van der Waals surface area (Å²) in [6.07, 6.45) is 7.02. The molecule has 0 amide bonds. The minimum absolute atomic E-state index is 0.281. The number of hydrogen-bond acceptors (Lipinski definition) is 3. The summed E-state index contributed by atoms with van der Waals surface area (Å²) in [4.78, 5) is 2.53. The van der Waals surface area contributed by atoms with Crippen molar-refractivity contribution in [3.05, 3.63) is 0 Å². The van der Waals surface area contributed by atoms with Crippen molar-refractivity contribution >= 4 is 0 Å². The number of hydrogen-bond donors (Lipinski definition) is 1. The van der Waals surface area contributed by atoms with Gasteiger partial charge in [-0.1, -0.05) is 33.6 Å². The van der Waals surface area contributed by atoms with Gasteiger partial charge in [-0.3, -0.25) is 0 Å². The number of nitrogens with one attached hydrogen (secondary N) is 1. The van der Waals surface area contributed by atoms with Gasteiger partial charge in [0.25, 0.3) is 0 Å². The molecular formula is C16H32N2O. The summed E-state index contributed by atoms with van der Waals surface area (Å²) in [5, 5.41) is 3.70. The standard InChI is InChI=1S/C16H32N2O/c1-4-17-16(9-6-7-10-16)13-19-15-12-18(5-2)11-8-14(15)3/h14-15,17H,4-13H2,1-3H3. The molecule has 1 aliphatic carbocycles. The minimum Gasteiger partial charge on any atom is -0.375 e. The lowest BCUT2D eigenvalue weighted by molar-refractivity contribution is -0.0536. The van der Waals surface area contributed by atoms with Gasteiger partial charge in [-0.15, -0.1) is 0 Å². The van der Waals surface area contributed by atoms with Crippen LogP contribution in [-0.2, 0) is 4.74 Å². The Hall–Kier alpha value is -0.120. The summed E-state index contributed by atoms with van der Waals surface area (Å²) >= 11 is 0. The molecule has 0 aromatic heterocycles. The van der Waals surface area contributed by atoms with E-state index in [9.17, 15) is 0 Å². The fraction of sp³-hybridized carbons (Fsp3) is 1.00. The van der Waals surface area contributed by atoms with Crippen molar-refractivity contribution in [3.63, 3.8) is 0 Å². The predicted octanol–water partition coefficient (Wildman–Crippen LogP) is 2.66. The normalized spacial score (nSPS) is 31.7. The quantitative estimate of drug-likeness (QED) is 0.801. The molecule has 2 unspecified atom stereocenters. The number of likely N-dealkylation sites (tertiary alicyclic amines) is 1. The van der Waals surface area contributed by atoms with Crippen molar-refractivity contribution in [1.29, 1.82) is 0 Å². The Kier molecular flexibility index (Phi) is 5.67. The van der Waals surface area contributed by atoms with Gasteiger partial charge < -0.3 is 15.0 Å². The van der Waals surface area contributed by atoms with E-state index in [1.54, 1.807) is 0 Å². The molecule has 2 aliphatic rings. The fourth-order valence-electron chi connectivity index (χ4n) is 3.67. The molecular weight excluding hydrogens is 236 g/mol. The van der Waals surface area contributed by atoms with Crippen LogP contribution in [0.3, 0.4) is 0 Å². The van der Waals surface area contributed by atoms with Crippen LogP contribution in [0, 0.1) is 5.92 Å². The van der Waals surface area contributed by atoms with Crippen LogP contribution < -0.4 is 5.32 Å². The Morgan fingerprint density at radius 3 is 2.63 bits per heavy atom. The van der Waals surface area contributed by atoms with Crippen LogP contribution in [0.2, 0.25) is 0 Å².